The lowest BCUT2D eigenvalue weighted by Crippen LogP contribution is -2.36. The van der Waals surface area contributed by atoms with Crippen molar-refractivity contribution >= 4 is 28.9 Å². The Morgan fingerprint density at radius 2 is 1.85 bits per heavy atom. The molecular weight excluding hydrogens is 434 g/mol. The second-order valence-electron chi connectivity index (χ2n) is 7.86. The molecule has 5 rings (SSSR count). The Hall–Kier alpha value is -3.95. The molecule has 1 saturated heterocycles. The average Bonchev–Trinajstić information content (AvgIpc) is 3.34. The maximum absolute atomic E-state index is 11.6. The fourth-order valence-corrected chi connectivity index (χ4v) is 3.81. The van der Waals surface area contributed by atoms with Crippen LogP contribution in [-0.4, -0.2) is 42.2 Å². The van der Waals surface area contributed by atoms with Crippen LogP contribution >= 0.6 is 0 Å². The molecule has 0 unspecified atom stereocenters. The van der Waals surface area contributed by atoms with Crippen LogP contribution < -0.4 is 20.3 Å². The predicted octanol–water partition coefficient (Wildman–Crippen LogP) is 4.00. The van der Waals surface area contributed by atoms with Gasteiger partial charge in [0.15, 0.2) is 0 Å². The SMILES string of the molecule is C=CC(=O)Nc1cccc(Oc2nc(Nc3ccc(N4CCOCC4)cc3)nc3c2COC3)c1. The molecule has 1 aromatic heterocycles. The van der Waals surface area contributed by atoms with Gasteiger partial charge in [-0.3, -0.25) is 4.79 Å². The molecular formula is C25H25N5O4. The molecule has 2 aliphatic rings. The van der Waals surface area contributed by atoms with Gasteiger partial charge in [-0.15, -0.1) is 0 Å². The van der Waals surface area contributed by atoms with E-state index in [0.29, 0.717) is 36.5 Å². The van der Waals surface area contributed by atoms with Gasteiger partial charge >= 0.3 is 0 Å². The number of carbonyl (C=O) groups is 1. The molecule has 3 aromatic rings. The summed E-state index contributed by atoms with van der Waals surface area (Å²) in [5.74, 6) is 1.09. The van der Waals surface area contributed by atoms with E-state index < -0.39 is 0 Å². The number of hydrogen-bond acceptors (Lipinski definition) is 8. The number of fused-ring (bicyclic) bond motifs is 1. The topological polar surface area (TPSA) is 97.8 Å². The number of benzene rings is 2. The highest BCUT2D eigenvalue weighted by molar-refractivity contribution is 5.98. The van der Waals surface area contributed by atoms with Gasteiger partial charge < -0.3 is 29.7 Å². The normalized spacial score (nSPS) is 14.9. The number of nitrogens with one attached hydrogen (secondary N) is 2. The first-order valence-corrected chi connectivity index (χ1v) is 11.1. The molecule has 1 amide bonds. The third kappa shape index (κ3) is 5.00. The summed E-state index contributed by atoms with van der Waals surface area (Å²) in [5.41, 5.74) is 4.23. The standard InChI is InChI=1S/C25H25N5O4/c1-2-23(31)26-18-4-3-5-20(14-18)34-24-21-15-33-16-22(21)28-25(29-24)27-17-6-8-19(9-7-17)30-10-12-32-13-11-30/h2-9,14H,1,10-13,15-16H2,(H,26,31)(H,27,28,29). The lowest BCUT2D eigenvalue weighted by molar-refractivity contribution is -0.111. The summed E-state index contributed by atoms with van der Waals surface area (Å²) < 4.78 is 17.1. The molecule has 0 aliphatic carbocycles. The van der Waals surface area contributed by atoms with Gasteiger partial charge in [0.25, 0.3) is 0 Å². The number of rotatable bonds is 7. The van der Waals surface area contributed by atoms with Crippen molar-refractivity contribution in [3.05, 3.63) is 72.4 Å². The van der Waals surface area contributed by atoms with Crippen LogP contribution in [0.2, 0.25) is 0 Å². The number of nitrogens with zero attached hydrogens (tertiary/aromatic N) is 3. The van der Waals surface area contributed by atoms with Gasteiger partial charge in [-0.05, 0) is 42.5 Å². The number of morpholine rings is 1. The number of hydrogen-bond donors (Lipinski definition) is 2. The van der Waals surface area contributed by atoms with E-state index in [1.54, 1.807) is 24.3 Å². The quantitative estimate of drug-likeness (QED) is 0.512. The van der Waals surface area contributed by atoms with Gasteiger partial charge in [0.2, 0.25) is 17.7 Å². The number of carbonyl (C=O) groups excluding carboxylic acids is 1. The summed E-state index contributed by atoms with van der Waals surface area (Å²) in [6, 6.07) is 15.2. The van der Waals surface area contributed by atoms with Crippen molar-refractivity contribution in [1.29, 1.82) is 0 Å². The van der Waals surface area contributed by atoms with E-state index in [1.165, 1.54) is 6.08 Å². The van der Waals surface area contributed by atoms with Gasteiger partial charge in [0.05, 0.1) is 37.7 Å². The van der Waals surface area contributed by atoms with Crippen LogP contribution in [0.3, 0.4) is 0 Å². The van der Waals surface area contributed by atoms with E-state index in [4.69, 9.17) is 14.2 Å². The van der Waals surface area contributed by atoms with E-state index in [2.05, 4.69) is 44.2 Å². The molecule has 0 atom stereocenters. The molecule has 0 saturated carbocycles. The molecule has 0 spiro atoms. The first-order valence-electron chi connectivity index (χ1n) is 11.1. The Bertz CT molecular complexity index is 1190. The molecule has 0 radical (unpaired) electrons. The molecule has 34 heavy (non-hydrogen) atoms. The Kier molecular flexibility index (Phi) is 6.37. The second-order valence-corrected chi connectivity index (χ2v) is 7.86. The minimum Gasteiger partial charge on any atom is -0.438 e. The molecule has 174 valence electrons. The van der Waals surface area contributed by atoms with Crippen molar-refractivity contribution in [3.8, 4) is 11.6 Å². The predicted molar refractivity (Wildman–Crippen MR) is 129 cm³/mol. The molecule has 2 aromatic carbocycles. The van der Waals surface area contributed by atoms with Crippen LogP contribution in [0.15, 0.2) is 61.2 Å². The number of anilines is 4. The van der Waals surface area contributed by atoms with Crippen LogP contribution in [0.25, 0.3) is 0 Å². The minimum absolute atomic E-state index is 0.292. The van der Waals surface area contributed by atoms with Crippen LogP contribution in [-0.2, 0) is 27.5 Å². The highest BCUT2D eigenvalue weighted by Crippen LogP contribution is 2.33. The fraction of sp³-hybridized carbons (Fsp3) is 0.240. The zero-order valence-electron chi connectivity index (χ0n) is 18.6. The molecule has 0 bridgehead atoms. The smallest absolute Gasteiger partial charge is 0.247 e. The lowest BCUT2D eigenvalue weighted by Gasteiger charge is -2.28. The van der Waals surface area contributed by atoms with Crippen LogP contribution in [0.1, 0.15) is 11.3 Å². The van der Waals surface area contributed by atoms with E-state index in [1.807, 2.05) is 12.1 Å². The van der Waals surface area contributed by atoms with E-state index in [-0.39, 0.29) is 5.91 Å². The fourth-order valence-electron chi connectivity index (χ4n) is 3.81. The van der Waals surface area contributed by atoms with Gasteiger partial charge in [-0.25, -0.2) is 4.98 Å². The van der Waals surface area contributed by atoms with Gasteiger partial charge in [0.1, 0.15) is 5.75 Å². The van der Waals surface area contributed by atoms with Crippen molar-refractivity contribution in [2.75, 3.05) is 41.8 Å². The van der Waals surface area contributed by atoms with E-state index in [9.17, 15) is 4.79 Å². The zero-order chi connectivity index (χ0) is 23.3. The Morgan fingerprint density at radius 1 is 1.03 bits per heavy atom. The van der Waals surface area contributed by atoms with Crippen LogP contribution in [0, 0.1) is 0 Å². The molecule has 2 N–H and O–H groups in total. The largest absolute Gasteiger partial charge is 0.438 e. The van der Waals surface area contributed by atoms with E-state index in [0.717, 1.165) is 48.9 Å². The van der Waals surface area contributed by atoms with E-state index >= 15 is 0 Å². The Labute approximate surface area is 197 Å². The summed E-state index contributed by atoms with van der Waals surface area (Å²) >= 11 is 0. The average molecular weight is 460 g/mol. The second kappa shape index (κ2) is 9.90. The van der Waals surface area contributed by atoms with Crippen molar-refractivity contribution in [1.82, 2.24) is 9.97 Å². The maximum atomic E-state index is 11.6. The lowest BCUT2D eigenvalue weighted by atomic mass is 10.2. The number of ether oxygens (including phenoxy) is 3. The van der Waals surface area contributed by atoms with Gasteiger partial charge in [-0.1, -0.05) is 12.6 Å². The Morgan fingerprint density at radius 3 is 2.65 bits per heavy atom. The third-order valence-corrected chi connectivity index (χ3v) is 5.54. The molecule has 3 heterocycles. The molecule has 2 aliphatic heterocycles. The first kappa shape index (κ1) is 21.9. The summed E-state index contributed by atoms with van der Waals surface area (Å²) in [4.78, 5) is 23.1. The summed E-state index contributed by atoms with van der Waals surface area (Å²) in [6.07, 6.45) is 1.22. The van der Waals surface area contributed by atoms with Crippen LogP contribution in [0.5, 0.6) is 11.6 Å². The molecule has 9 nitrogen and oxygen atoms in total. The minimum atomic E-state index is -0.292. The number of aromatic nitrogens is 2. The molecule has 9 heteroatoms. The van der Waals surface area contributed by atoms with Crippen molar-refractivity contribution in [3.63, 3.8) is 0 Å². The third-order valence-electron chi connectivity index (χ3n) is 5.54. The Balaban J connectivity index is 1.34. The summed E-state index contributed by atoms with van der Waals surface area (Å²) in [7, 11) is 0. The maximum Gasteiger partial charge on any atom is 0.247 e. The van der Waals surface area contributed by atoms with Crippen molar-refractivity contribution < 1.29 is 19.0 Å². The van der Waals surface area contributed by atoms with Gasteiger partial charge in [0, 0.05) is 36.2 Å². The summed E-state index contributed by atoms with van der Waals surface area (Å²) in [5, 5.41) is 5.99. The molecule has 1 fully saturated rings. The highest BCUT2D eigenvalue weighted by Gasteiger charge is 2.22. The van der Waals surface area contributed by atoms with Gasteiger partial charge in [-0.2, -0.15) is 4.98 Å². The van der Waals surface area contributed by atoms with Crippen LogP contribution in [0.4, 0.5) is 23.0 Å². The highest BCUT2D eigenvalue weighted by atomic mass is 16.5. The van der Waals surface area contributed by atoms with Crippen molar-refractivity contribution in [2.24, 2.45) is 0 Å². The van der Waals surface area contributed by atoms with Crippen molar-refractivity contribution in [2.45, 2.75) is 13.2 Å². The number of amides is 1. The first-order chi connectivity index (χ1) is 16.7. The summed E-state index contributed by atoms with van der Waals surface area (Å²) in [6.45, 7) is 7.52. The monoisotopic (exact) mass is 459 g/mol. The zero-order valence-corrected chi connectivity index (χ0v) is 18.6.